The fourth-order valence-electron chi connectivity index (χ4n) is 2.83. The Labute approximate surface area is 182 Å². The largest absolute Gasteiger partial charge is 0.412 e. The van der Waals surface area contributed by atoms with Gasteiger partial charge in [0, 0.05) is 11.8 Å². The van der Waals surface area contributed by atoms with Crippen molar-refractivity contribution >= 4 is 23.2 Å². The molecule has 0 spiro atoms. The Hall–Kier alpha value is -2.58. The summed E-state index contributed by atoms with van der Waals surface area (Å²) in [5, 5.41) is 0. The average Bonchev–Trinajstić information content (AvgIpc) is 2.81. The molecule has 0 aromatic heterocycles. The van der Waals surface area contributed by atoms with Crippen LogP contribution in [0.3, 0.4) is 0 Å². The quantitative estimate of drug-likeness (QED) is 0.307. The molecular formula is C26H24Cl2O. The van der Waals surface area contributed by atoms with Crippen molar-refractivity contribution in [1.82, 2.24) is 0 Å². The van der Waals surface area contributed by atoms with Crippen LogP contribution in [0.15, 0.2) is 109 Å². The maximum Gasteiger partial charge on any atom is 0.0474 e. The summed E-state index contributed by atoms with van der Waals surface area (Å²) >= 11 is 11.5. The molecule has 0 aliphatic rings. The first-order valence-corrected chi connectivity index (χ1v) is 10.3. The highest BCUT2D eigenvalue weighted by atomic mass is 35.5. The van der Waals surface area contributed by atoms with Crippen molar-refractivity contribution in [3.8, 4) is 22.3 Å². The van der Waals surface area contributed by atoms with Crippen molar-refractivity contribution < 1.29 is 5.48 Å². The van der Waals surface area contributed by atoms with E-state index in [2.05, 4.69) is 72.8 Å². The summed E-state index contributed by atoms with van der Waals surface area (Å²) in [5.74, 6) is 1.16. The minimum Gasteiger partial charge on any atom is -0.412 e. The Morgan fingerprint density at radius 1 is 0.379 bits per heavy atom. The monoisotopic (exact) mass is 422 g/mol. The minimum absolute atomic E-state index is 0. The van der Waals surface area contributed by atoms with E-state index in [-0.39, 0.29) is 5.48 Å². The number of benzene rings is 4. The van der Waals surface area contributed by atoms with E-state index in [9.17, 15) is 0 Å². The normalized spacial score (nSPS) is 9.72. The molecule has 0 radical (unpaired) electrons. The van der Waals surface area contributed by atoms with Crippen LogP contribution < -0.4 is 0 Å². The molecule has 0 aliphatic carbocycles. The van der Waals surface area contributed by atoms with E-state index >= 15 is 0 Å². The van der Waals surface area contributed by atoms with Gasteiger partial charge in [-0.15, -0.1) is 23.2 Å². The summed E-state index contributed by atoms with van der Waals surface area (Å²) in [6, 6.07) is 37.3. The topological polar surface area (TPSA) is 31.5 Å². The van der Waals surface area contributed by atoms with Crippen molar-refractivity contribution in [3.05, 3.63) is 120 Å². The highest BCUT2D eigenvalue weighted by Gasteiger charge is 1.96. The minimum atomic E-state index is 0. The summed E-state index contributed by atoms with van der Waals surface area (Å²) in [7, 11) is 0. The third-order valence-corrected chi connectivity index (χ3v) is 5.05. The van der Waals surface area contributed by atoms with Crippen LogP contribution in [0, 0.1) is 0 Å². The molecule has 0 fully saturated rings. The van der Waals surface area contributed by atoms with Crippen LogP contribution in [-0.4, -0.2) is 5.48 Å². The SMILES string of the molecule is ClCc1ccc(-c2ccccc2)cc1.ClCc1ccc(-c2ccccc2)cc1.O. The molecule has 2 N–H and O–H groups in total. The maximum absolute atomic E-state index is 5.73. The van der Waals surface area contributed by atoms with Gasteiger partial charge < -0.3 is 5.48 Å². The lowest BCUT2D eigenvalue weighted by atomic mass is 10.0. The molecule has 0 unspecified atom stereocenters. The molecule has 4 aromatic carbocycles. The molecule has 0 aliphatic heterocycles. The van der Waals surface area contributed by atoms with Gasteiger partial charge in [0.25, 0.3) is 0 Å². The Kier molecular flexibility index (Phi) is 9.46. The van der Waals surface area contributed by atoms with E-state index in [1.165, 1.54) is 22.3 Å². The highest BCUT2D eigenvalue weighted by molar-refractivity contribution is 6.17. The maximum atomic E-state index is 5.73. The molecule has 0 saturated heterocycles. The van der Waals surface area contributed by atoms with Gasteiger partial charge in [-0.2, -0.15) is 0 Å². The first-order chi connectivity index (χ1) is 13.8. The van der Waals surface area contributed by atoms with Crippen LogP contribution in [0.4, 0.5) is 0 Å². The Bertz CT molecular complexity index is 868. The highest BCUT2D eigenvalue weighted by Crippen LogP contribution is 2.20. The summed E-state index contributed by atoms with van der Waals surface area (Å²) in [6.07, 6.45) is 0. The summed E-state index contributed by atoms with van der Waals surface area (Å²) in [6.45, 7) is 0. The molecule has 0 amide bonds. The average molecular weight is 423 g/mol. The summed E-state index contributed by atoms with van der Waals surface area (Å²) in [4.78, 5) is 0. The van der Waals surface area contributed by atoms with Gasteiger partial charge in [0.15, 0.2) is 0 Å². The van der Waals surface area contributed by atoms with Gasteiger partial charge in [0.2, 0.25) is 0 Å². The van der Waals surface area contributed by atoms with E-state index in [0.29, 0.717) is 11.8 Å². The van der Waals surface area contributed by atoms with Crippen molar-refractivity contribution in [3.63, 3.8) is 0 Å². The van der Waals surface area contributed by atoms with Gasteiger partial charge in [-0.1, -0.05) is 109 Å². The Morgan fingerprint density at radius 2 is 0.655 bits per heavy atom. The van der Waals surface area contributed by atoms with Crippen LogP contribution in [0.25, 0.3) is 22.3 Å². The summed E-state index contributed by atoms with van der Waals surface area (Å²) < 4.78 is 0. The standard InChI is InChI=1S/2C13H11Cl.H2O/c2*14-10-11-6-8-13(9-7-11)12-4-2-1-3-5-12;/h2*1-9H,10H2;1H2. The van der Waals surface area contributed by atoms with Crippen LogP contribution >= 0.6 is 23.2 Å². The zero-order valence-corrected chi connectivity index (χ0v) is 17.6. The van der Waals surface area contributed by atoms with Crippen molar-refractivity contribution in [2.45, 2.75) is 11.8 Å². The summed E-state index contributed by atoms with van der Waals surface area (Å²) in [5.41, 5.74) is 7.28. The lowest BCUT2D eigenvalue weighted by Crippen LogP contribution is -1.79. The first kappa shape index (κ1) is 22.7. The second kappa shape index (κ2) is 12.1. The van der Waals surface area contributed by atoms with Crippen molar-refractivity contribution in [1.29, 1.82) is 0 Å². The molecule has 0 bridgehead atoms. The first-order valence-electron chi connectivity index (χ1n) is 9.21. The van der Waals surface area contributed by atoms with Gasteiger partial charge in [0.1, 0.15) is 0 Å². The lowest BCUT2D eigenvalue weighted by Gasteiger charge is -2.01. The molecule has 29 heavy (non-hydrogen) atoms. The van der Waals surface area contributed by atoms with Gasteiger partial charge >= 0.3 is 0 Å². The molecule has 0 atom stereocenters. The molecule has 0 heterocycles. The van der Waals surface area contributed by atoms with E-state index in [1.54, 1.807) is 0 Å². The van der Waals surface area contributed by atoms with Gasteiger partial charge in [0.05, 0.1) is 0 Å². The number of rotatable bonds is 4. The Balaban J connectivity index is 0.000000200. The van der Waals surface area contributed by atoms with Crippen molar-refractivity contribution in [2.75, 3.05) is 0 Å². The fraction of sp³-hybridized carbons (Fsp3) is 0.0769. The van der Waals surface area contributed by atoms with Gasteiger partial charge in [-0.25, -0.2) is 0 Å². The van der Waals surface area contributed by atoms with Gasteiger partial charge in [-0.05, 0) is 33.4 Å². The number of halogens is 2. The zero-order valence-electron chi connectivity index (χ0n) is 16.1. The predicted octanol–water partition coefficient (Wildman–Crippen LogP) is 7.36. The molecule has 4 aromatic rings. The van der Waals surface area contributed by atoms with Crippen molar-refractivity contribution in [2.24, 2.45) is 0 Å². The van der Waals surface area contributed by atoms with E-state index in [0.717, 1.165) is 11.1 Å². The molecule has 148 valence electrons. The fourth-order valence-corrected chi connectivity index (χ4v) is 3.19. The number of hydrogen-bond donors (Lipinski definition) is 0. The molecule has 3 heteroatoms. The van der Waals surface area contributed by atoms with Gasteiger partial charge in [-0.3, -0.25) is 0 Å². The van der Waals surface area contributed by atoms with E-state index in [1.807, 2.05) is 36.4 Å². The predicted molar refractivity (Wildman–Crippen MR) is 126 cm³/mol. The lowest BCUT2D eigenvalue weighted by molar-refractivity contribution is 0.824. The number of alkyl halides is 2. The Morgan fingerprint density at radius 3 is 0.931 bits per heavy atom. The smallest absolute Gasteiger partial charge is 0.0474 e. The third kappa shape index (κ3) is 6.76. The molecule has 1 nitrogen and oxygen atoms in total. The molecule has 0 saturated carbocycles. The van der Waals surface area contributed by atoms with Crippen LogP contribution in [0.5, 0.6) is 0 Å². The molecule has 4 rings (SSSR count). The second-order valence-electron chi connectivity index (χ2n) is 6.39. The zero-order chi connectivity index (χ0) is 19.6. The third-order valence-electron chi connectivity index (χ3n) is 4.43. The number of hydrogen-bond acceptors (Lipinski definition) is 0. The van der Waals surface area contributed by atoms with Crippen LogP contribution in [-0.2, 0) is 11.8 Å². The van der Waals surface area contributed by atoms with Crippen LogP contribution in [0.1, 0.15) is 11.1 Å². The van der Waals surface area contributed by atoms with E-state index in [4.69, 9.17) is 23.2 Å². The van der Waals surface area contributed by atoms with E-state index < -0.39 is 0 Å². The molecular weight excluding hydrogens is 399 g/mol. The second-order valence-corrected chi connectivity index (χ2v) is 6.93. The van der Waals surface area contributed by atoms with Crippen LogP contribution in [0.2, 0.25) is 0 Å².